The number of aromatic nitrogens is 1. The molecule has 0 aliphatic carbocycles. The zero-order chi connectivity index (χ0) is 22.7. The fourth-order valence-electron chi connectivity index (χ4n) is 4.39. The summed E-state index contributed by atoms with van der Waals surface area (Å²) >= 11 is 0. The van der Waals surface area contributed by atoms with Crippen molar-refractivity contribution < 1.29 is 14.4 Å². The van der Waals surface area contributed by atoms with Gasteiger partial charge in [-0.05, 0) is 62.1 Å². The van der Waals surface area contributed by atoms with Gasteiger partial charge in [0.2, 0.25) is 11.8 Å². The monoisotopic (exact) mass is 435 g/mol. The molecule has 2 aliphatic rings. The van der Waals surface area contributed by atoms with Crippen LogP contribution in [0.2, 0.25) is 0 Å². The fourth-order valence-corrected chi connectivity index (χ4v) is 4.39. The molecular formula is C24H29N5O3. The third-order valence-corrected chi connectivity index (χ3v) is 6.32. The minimum absolute atomic E-state index is 0.0789. The second-order valence-electron chi connectivity index (χ2n) is 8.62. The molecular weight excluding hydrogens is 406 g/mol. The van der Waals surface area contributed by atoms with Crippen LogP contribution in [0.4, 0.5) is 5.69 Å². The molecule has 2 aliphatic heterocycles. The number of pyridine rings is 1. The third-order valence-electron chi connectivity index (χ3n) is 6.32. The normalized spacial score (nSPS) is 21.2. The maximum Gasteiger partial charge on any atom is 0.255 e. The Labute approximate surface area is 187 Å². The molecule has 3 amide bonds. The predicted molar refractivity (Wildman–Crippen MR) is 121 cm³/mol. The van der Waals surface area contributed by atoms with E-state index in [0.717, 1.165) is 16.8 Å². The van der Waals surface area contributed by atoms with Crippen LogP contribution in [-0.2, 0) is 16.0 Å². The van der Waals surface area contributed by atoms with Crippen molar-refractivity contribution in [3.05, 3.63) is 59.4 Å². The number of aryl methyl sites for hydroxylation is 1. The van der Waals surface area contributed by atoms with E-state index in [1.165, 1.54) is 0 Å². The average Bonchev–Trinajstić information content (AvgIpc) is 2.92. The number of carbonyl (C=O) groups excluding carboxylic acids is 3. The minimum Gasteiger partial charge on any atom is -0.362 e. The molecule has 1 fully saturated rings. The summed E-state index contributed by atoms with van der Waals surface area (Å²) in [6.45, 7) is 4.61. The lowest BCUT2D eigenvalue weighted by Crippen LogP contribution is -2.58. The predicted octanol–water partition coefficient (Wildman–Crippen LogP) is 2.00. The Bertz CT molecular complexity index is 1030. The molecule has 3 heterocycles. The van der Waals surface area contributed by atoms with Crippen molar-refractivity contribution in [3.63, 3.8) is 0 Å². The molecule has 1 spiro atoms. The molecule has 0 saturated carbocycles. The maximum atomic E-state index is 12.9. The van der Waals surface area contributed by atoms with Gasteiger partial charge in [0.05, 0.1) is 5.56 Å². The summed E-state index contributed by atoms with van der Waals surface area (Å²) < 4.78 is 0. The second-order valence-corrected chi connectivity index (χ2v) is 8.62. The molecule has 2 atom stereocenters. The molecule has 1 saturated heterocycles. The van der Waals surface area contributed by atoms with Crippen LogP contribution < -0.4 is 16.0 Å². The summed E-state index contributed by atoms with van der Waals surface area (Å²) in [5.41, 5.74) is 2.85. The van der Waals surface area contributed by atoms with Gasteiger partial charge >= 0.3 is 0 Å². The van der Waals surface area contributed by atoms with E-state index in [1.54, 1.807) is 24.2 Å². The Balaban J connectivity index is 1.39. The van der Waals surface area contributed by atoms with Gasteiger partial charge in [-0.2, -0.15) is 0 Å². The van der Waals surface area contributed by atoms with Gasteiger partial charge in [-0.1, -0.05) is 6.07 Å². The number of hydrogen-bond acceptors (Lipinski definition) is 5. The average molecular weight is 436 g/mol. The summed E-state index contributed by atoms with van der Waals surface area (Å²) in [6.07, 6.45) is 5.40. The fraction of sp³-hybridized carbons (Fsp3) is 0.417. The molecule has 32 heavy (non-hydrogen) atoms. The van der Waals surface area contributed by atoms with Crippen molar-refractivity contribution in [2.24, 2.45) is 0 Å². The zero-order valence-corrected chi connectivity index (χ0v) is 18.5. The second kappa shape index (κ2) is 8.98. The highest BCUT2D eigenvalue weighted by Crippen LogP contribution is 2.32. The minimum atomic E-state index is -0.695. The first kappa shape index (κ1) is 21.8. The lowest BCUT2D eigenvalue weighted by molar-refractivity contribution is -0.139. The Morgan fingerprint density at radius 1 is 1.19 bits per heavy atom. The Morgan fingerprint density at radius 2 is 1.97 bits per heavy atom. The van der Waals surface area contributed by atoms with Gasteiger partial charge in [0.25, 0.3) is 5.91 Å². The summed E-state index contributed by atoms with van der Waals surface area (Å²) in [7, 11) is 0. The Morgan fingerprint density at radius 3 is 2.75 bits per heavy atom. The highest BCUT2D eigenvalue weighted by Gasteiger charge is 2.41. The molecule has 2 aromatic rings. The Hall–Kier alpha value is -3.42. The maximum absolute atomic E-state index is 12.9. The first-order valence-electron chi connectivity index (χ1n) is 11.0. The number of amides is 3. The number of benzene rings is 1. The van der Waals surface area contributed by atoms with Crippen molar-refractivity contribution in [2.75, 3.05) is 18.4 Å². The number of likely N-dealkylation sites (tertiary alicyclic amines) is 1. The number of fused-ring (bicyclic) bond motifs is 1. The smallest absolute Gasteiger partial charge is 0.255 e. The number of anilines is 1. The van der Waals surface area contributed by atoms with Gasteiger partial charge < -0.3 is 20.9 Å². The van der Waals surface area contributed by atoms with E-state index in [1.807, 2.05) is 37.3 Å². The molecule has 3 N–H and O–H groups in total. The standard InChI is InChI=1S/C24H29N5O3/c1-16-3-4-19-20(15-16)27-24(28-23(19)32)9-5-21(30)29(14-10-24)17(2)22(31)26-13-8-18-6-11-25-12-7-18/h3-4,6-7,11-12,15,17,27H,5,8-10,13-14H2,1-2H3,(H,26,31)(H,28,32)/t17-,24-/m1/s1. The molecule has 4 rings (SSSR count). The van der Waals surface area contributed by atoms with E-state index in [9.17, 15) is 14.4 Å². The van der Waals surface area contributed by atoms with Crippen LogP contribution in [-0.4, -0.2) is 52.4 Å². The van der Waals surface area contributed by atoms with Gasteiger partial charge in [-0.3, -0.25) is 19.4 Å². The van der Waals surface area contributed by atoms with Crippen LogP contribution in [0, 0.1) is 6.92 Å². The zero-order valence-electron chi connectivity index (χ0n) is 18.5. The van der Waals surface area contributed by atoms with Crippen molar-refractivity contribution in [2.45, 2.75) is 51.2 Å². The first-order valence-corrected chi connectivity index (χ1v) is 11.0. The van der Waals surface area contributed by atoms with Crippen LogP contribution in [0.25, 0.3) is 0 Å². The van der Waals surface area contributed by atoms with E-state index in [4.69, 9.17) is 0 Å². The summed E-state index contributed by atoms with van der Waals surface area (Å²) in [4.78, 5) is 43.9. The number of hydrogen-bond donors (Lipinski definition) is 3. The van der Waals surface area contributed by atoms with Gasteiger partial charge in [0, 0.05) is 44.0 Å². The molecule has 8 nitrogen and oxygen atoms in total. The van der Waals surface area contributed by atoms with Crippen molar-refractivity contribution in [3.8, 4) is 0 Å². The quantitative estimate of drug-likeness (QED) is 0.667. The SMILES string of the molecule is Cc1ccc2c(c1)N[C@]1(CCC(=O)N([C@H](C)C(=O)NCCc3ccncc3)CC1)NC2=O. The number of carbonyl (C=O) groups is 3. The number of nitrogens with one attached hydrogen (secondary N) is 3. The summed E-state index contributed by atoms with van der Waals surface area (Å²) in [6, 6.07) is 8.93. The first-order chi connectivity index (χ1) is 15.4. The van der Waals surface area contributed by atoms with Crippen LogP contribution in [0.5, 0.6) is 0 Å². The number of rotatable bonds is 5. The molecule has 0 unspecified atom stereocenters. The molecule has 1 aromatic carbocycles. The van der Waals surface area contributed by atoms with E-state index in [0.29, 0.717) is 37.9 Å². The Kier molecular flexibility index (Phi) is 6.12. The van der Waals surface area contributed by atoms with Gasteiger partial charge in [0.1, 0.15) is 11.7 Å². The highest BCUT2D eigenvalue weighted by atomic mass is 16.2. The summed E-state index contributed by atoms with van der Waals surface area (Å²) in [5, 5.41) is 9.47. The van der Waals surface area contributed by atoms with Gasteiger partial charge in [0.15, 0.2) is 0 Å². The molecule has 1 aromatic heterocycles. The van der Waals surface area contributed by atoms with Crippen molar-refractivity contribution in [1.29, 1.82) is 0 Å². The van der Waals surface area contributed by atoms with Crippen LogP contribution in [0.15, 0.2) is 42.7 Å². The van der Waals surface area contributed by atoms with Crippen molar-refractivity contribution >= 4 is 23.4 Å². The molecule has 168 valence electrons. The van der Waals surface area contributed by atoms with Gasteiger partial charge in [-0.15, -0.1) is 0 Å². The van der Waals surface area contributed by atoms with Crippen LogP contribution >= 0.6 is 0 Å². The highest BCUT2D eigenvalue weighted by molar-refractivity contribution is 6.02. The van der Waals surface area contributed by atoms with Crippen LogP contribution in [0.1, 0.15) is 47.7 Å². The van der Waals surface area contributed by atoms with Gasteiger partial charge in [-0.25, -0.2) is 0 Å². The molecule has 0 radical (unpaired) electrons. The third kappa shape index (κ3) is 4.59. The molecule has 0 bridgehead atoms. The molecule has 8 heteroatoms. The topological polar surface area (TPSA) is 103 Å². The lowest BCUT2D eigenvalue weighted by Gasteiger charge is -2.40. The number of nitrogens with zero attached hydrogens (tertiary/aromatic N) is 2. The van der Waals surface area contributed by atoms with Crippen LogP contribution in [0.3, 0.4) is 0 Å². The lowest BCUT2D eigenvalue weighted by atomic mass is 9.94. The van der Waals surface area contributed by atoms with E-state index in [2.05, 4.69) is 20.9 Å². The van der Waals surface area contributed by atoms with Crippen molar-refractivity contribution in [1.82, 2.24) is 20.5 Å². The van der Waals surface area contributed by atoms with E-state index < -0.39 is 11.7 Å². The van der Waals surface area contributed by atoms with E-state index in [-0.39, 0.29) is 24.1 Å². The van der Waals surface area contributed by atoms with E-state index >= 15 is 0 Å². The summed E-state index contributed by atoms with van der Waals surface area (Å²) in [5.74, 6) is -0.392. The largest absolute Gasteiger partial charge is 0.362 e.